The Morgan fingerprint density at radius 3 is 2.72 bits per heavy atom. The summed E-state index contributed by atoms with van der Waals surface area (Å²) in [5.41, 5.74) is 6.53. The van der Waals surface area contributed by atoms with E-state index in [-0.39, 0.29) is 0 Å². The number of hydrogen-bond acceptors (Lipinski definition) is 3. The molecule has 3 unspecified atom stereocenters. The van der Waals surface area contributed by atoms with Crippen molar-refractivity contribution in [3.8, 4) is 0 Å². The summed E-state index contributed by atoms with van der Waals surface area (Å²) in [5, 5.41) is 0. The second kappa shape index (κ2) is 5.10. The smallest absolute Gasteiger partial charge is 0.0461 e. The van der Waals surface area contributed by atoms with Crippen molar-refractivity contribution in [2.75, 3.05) is 33.2 Å². The molecule has 3 rings (SSSR count). The van der Waals surface area contributed by atoms with Crippen LogP contribution in [0.25, 0.3) is 0 Å². The largest absolute Gasteiger partial charge is 0.329 e. The summed E-state index contributed by atoms with van der Waals surface area (Å²) in [6, 6.07) is 0.855. The molecule has 0 spiro atoms. The van der Waals surface area contributed by atoms with E-state index in [0.29, 0.717) is 5.54 Å². The molecule has 1 aliphatic carbocycles. The van der Waals surface area contributed by atoms with Gasteiger partial charge in [0.15, 0.2) is 0 Å². The third kappa shape index (κ3) is 2.10. The Balaban J connectivity index is 1.78. The Morgan fingerprint density at radius 1 is 1.11 bits per heavy atom. The van der Waals surface area contributed by atoms with Crippen molar-refractivity contribution in [2.45, 2.75) is 56.5 Å². The van der Waals surface area contributed by atoms with Crippen LogP contribution in [0, 0.1) is 5.92 Å². The molecule has 0 aromatic carbocycles. The Kier molecular flexibility index (Phi) is 3.65. The van der Waals surface area contributed by atoms with Crippen LogP contribution in [-0.2, 0) is 0 Å². The molecule has 0 aromatic rings. The van der Waals surface area contributed by atoms with E-state index in [2.05, 4.69) is 16.8 Å². The van der Waals surface area contributed by atoms with Crippen LogP contribution in [0.5, 0.6) is 0 Å². The van der Waals surface area contributed by atoms with Gasteiger partial charge in [-0.05, 0) is 58.2 Å². The van der Waals surface area contributed by atoms with Crippen molar-refractivity contribution >= 4 is 0 Å². The Bertz CT molecular complexity index is 293. The molecule has 0 aromatic heterocycles. The average Bonchev–Trinajstić information content (AvgIpc) is 2.83. The third-order valence-corrected chi connectivity index (χ3v) is 5.75. The summed E-state index contributed by atoms with van der Waals surface area (Å²) in [6.45, 7) is 4.59. The maximum atomic E-state index is 6.23. The van der Waals surface area contributed by atoms with Gasteiger partial charge in [0.2, 0.25) is 0 Å². The van der Waals surface area contributed by atoms with Crippen molar-refractivity contribution in [2.24, 2.45) is 11.7 Å². The molecule has 0 radical (unpaired) electrons. The molecular formula is C15H29N3. The van der Waals surface area contributed by atoms with Crippen molar-refractivity contribution in [1.82, 2.24) is 9.80 Å². The van der Waals surface area contributed by atoms with Crippen LogP contribution in [0.15, 0.2) is 0 Å². The van der Waals surface area contributed by atoms with Crippen molar-refractivity contribution < 1.29 is 0 Å². The number of likely N-dealkylation sites (tertiary alicyclic amines) is 2. The van der Waals surface area contributed by atoms with Gasteiger partial charge in [-0.25, -0.2) is 0 Å². The number of nitrogens with zero attached hydrogens (tertiary/aromatic N) is 2. The minimum atomic E-state index is 0.295. The second-order valence-electron chi connectivity index (χ2n) is 6.86. The van der Waals surface area contributed by atoms with Gasteiger partial charge in [0.05, 0.1) is 0 Å². The van der Waals surface area contributed by atoms with Gasteiger partial charge in [0.1, 0.15) is 0 Å². The Hall–Kier alpha value is -0.120. The van der Waals surface area contributed by atoms with Gasteiger partial charge in [-0.1, -0.05) is 12.8 Å². The first-order valence-electron chi connectivity index (χ1n) is 7.90. The first-order chi connectivity index (χ1) is 8.75. The molecule has 3 aliphatic rings. The van der Waals surface area contributed by atoms with Crippen LogP contribution in [0.4, 0.5) is 0 Å². The molecule has 104 valence electrons. The number of fused-ring (bicyclic) bond motifs is 1. The van der Waals surface area contributed by atoms with Crippen LogP contribution in [0.3, 0.4) is 0 Å². The van der Waals surface area contributed by atoms with Crippen LogP contribution in [-0.4, -0.2) is 54.6 Å². The molecule has 2 aliphatic heterocycles. The fraction of sp³-hybridized carbons (Fsp3) is 1.00. The van der Waals surface area contributed by atoms with E-state index in [1.807, 2.05) is 0 Å². The zero-order valence-electron chi connectivity index (χ0n) is 11.9. The van der Waals surface area contributed by atoms with Gasteiger partial charge >= 0.3 is 0 Å². The molecule has 0 amide bonds. The molecule has 1 saturated carbocycles. The summed E-state index contributed by atoms with van der Waals surface area (Å²) in [4.78, 5) is 5.33. The lowest BCUT2D eigenvalue weighted by Gasteiger charge is -2.50. The van der Waals surface area contributed by atoms with Crippen LogP contribution < -0.4 is 5.73 Å². The topological polar surface area (TPSA) is 32.5 Å². The number of nitrogens with two attached hydrogens (primary N) is 1. The standard InChI is InChI=1S/C15H29N3/c1-17-9-4-8-15(11-16,12-17)18-10-7-13-5-2-3-6-14(13)18/h13-14H,2-12,16H2,1H3. The highest BCUT2D eigenvalue weighted by atomic mass is 15.3. The lowest BCUT2D eigenvalue weighted by atomic mass is 9.81. The van der Waals surface area contributed by atoms with Gasteiger partial charge in [-0.15, -0.1) is 0 Å². The lowest BCUT2D eigenvalue weighted by Crippen LogP contribution is -2.63. The Labute approximate surface area is 112 Å². The molecule has 18 heavy (non-hydrogen) atoms. The zero-order chi connectivity index (χ0) is 12.6. The first kappa shape index (κ1) is 12.9. The predicted octanol–water partition coefficient (Wildman–Crippen LogP) is 1.67. The van der Waals surface area contributed by atoms with Gasteiger partial charge in [0, 0.05) is 24.7 Å². The van der Waals surface area contributed by atoms with E-state index in [1.165, 1.54) is 64.6 Å². The second-order valence-corrected chi connectivity index (χ2v) is 6.86. The average molecular weight is 251 g/mol. The van der Waals surface area contributed by atoms with Gasteiger partial charge in [-0.2, -0.15) is 0 Å². The minimum absolute atomic E-state index is 0.295. The lowest BCUT2D eigenvalue weighted by molar-refractivity contribution is 0.00238. The monoisotopic (exact) mass is 251 g/mol. The normalized spacial score (nSPS) is 43.0. The quantitative estimate of drug-likeness (QED) is 0.810. The van der Waals surface area contributed by atoms with Gasteiger partial charge in [0.25, 0.3) is 0 Å². The summed E-state index contributed by atoms with van der Waals surface area (Å²) in [5.74, 6) is 0.981. The van der Waals surface area contributed by atoms with E-state index >= 15 is 0 Å². The van der Waals surface area contributed by atoms with Gasteiger partial charge < -0.3 is 10.6 Å². The van der Waals surface area contributed by atoms with E-state index in [4.69, 9.17) is 5.73 Å². The van der Waals surface area contributed by atoms with Crippen LogP contribution in [0.2, 0.25) is 0 Å². The molecule has 2 saturated heterocycles. The molecule has 2 heterocycles. The molecule has 3 heteroatoms. The zero-order valence-corrected chi connectivity index (χ0v) is 11.9. The summed E-state index contributed by atoms with van der Waals surface area (Å²) in [7, 11) is 2.26. The highest BCUT2D eigenvalue weighted by molar-refractivity contribution is 5.04. The summed E-state index contributed by atoms with van der Waals surface area (Å²) < 4.78 is 0. The fourth-order valence-electron chi connectivity index (χ4n) is 4.85. The number of likely N-dealkylation sites (N-methyl/N-ethyl adjacent to an activating group) is 1. The fourth-order valence-corrected chi connectivity index (χ4v) is 4.85. The highest BCUT2D eigenvalue weighted by Crippen LogP contribution is 2.41. The molecule has 3 fully saturated rings. The van der Waals surface area contributed by atoms with E-state index in [1.54, 1.807) is 0 Å². The Morgan fingerprint density at radius 2 is 1.94 bits per heavy atom. The van der Waals surface area contributed by atoms with Crippen LogP contribution >= 0.6 is 0 Å². The van der Waals surface area contributed by atoms with Crippen molar-refractivity contribution in [3.05, 3.63) is 0 Å². The summed E-state index contributed by atoms with van der Waals surface area (Å²) >= 11 is 0. The van der Waals surface area contributed by atoms with Crippen LogP contribution in [0.1, 0.15) is 44.9 Å². The first-order valence-corrected chi connectivity index (χ1v) is 7.90. The van der Waals surface area contributed by atoms with Crippen molar-refractivity contribution in [3.63, 3.8) is 0 Å². The maximum Gasteiger partial charge on any atom is 0.0461 e. The SMILES string of the molecule is CN1CCCC(CN)(N2CCC3CCCCC32)C1. The molecule has 3 nitrogen and oxygen atoms in total. The summed E-state index contributed by atoms with van der Waals surface area (Å²) in [6.07, 6.45) is 9.86. The highest BCUT2D eigenvalue weighted by Gasteiger charge is 2.47. The number of rotatable bonds is 2. The van der Waals surface area contributed by atoms with Crippen molar-refractivity contribution in [1.29, 1.82) is 0 Å². The maximum absolute atomic E-state index is 6.23. The molecule has 0 bridgehead atoms. The number of hydrogen-bond donors (Lipinski definition) is 1. The van der Waals surface area contributed by atoms with E-state index in [9.17, 15) is 0 Å². The molecule has 3 atom stereocenters. The van der Waals surface area contributed by atoms with E-state index in [0.717, 1.165) is 18.5 Å². The van der Waals surface area contributed by atoms with Gasteiger partial charge in [-0.3, -0.25) is 4.90 Å². The van der Waals surface area contributed by atoms with E-state index < -0.39 is 0 Å². The number of piperidine rings is 1. The minimum Gasteiger partial charge on any atom is -0.329 e. The third-order valence-electron chi connectivity index (χ3n) is 5.75. The molecule has 2 N–H and O–H groups in total. The molecular weight excluding hydrogens is 222 g/mol. The predicted molar refractivity (Wildman–Crippen MR) is 75.6 cm³/mol.